The van der Waals surface area contributed by atoms with Gasteiger partial charge in [0.2, 0.25) is 17.7 Å². The van der Waals surface area contributed by atoms with Crippen LogP contribution >= 0.6 is 0 Å². The Morgan fingerprint density at radius 2 is 1.59 bits per heavy atom. The molecule has 0 radical (unpaired) electrons. The lowest BCUT2D eigenvalue weighted by Gasteiger charge is -2.23. The molecule has 0 aromatic heterocycles. The number of rotatable bonds is 13. The molecule has 1 aromatic carbocycles. The summed E-state index contributed by atoms with van der Waals surface area (Å²) in [5, 5.41) is 25.2. The first-order chi connectivity index (χ1) is 15.0. The first-order valence-corrected chi connectivity index (χ1v) is 10.1. The summed E-state index contributed by atoms with van der Waals surface area (Å²) in [7, 11) is 0. The first kappa shape index (κ1) is 26.6. The number of carbonyl (C=O) groups is 5. The zero-order valence-electron chi connectivity index (χ0n) is 18.0. The predicted molar refractivity (Wildman–Crippen MR) is 114 cm³/mol. The van der Waals surface area contributed by atoms with Gasteiger partial charge in [-0.05, 0) is 17.9 Å². The standard InChI is InChI=1S/C21H30N4O7/c1-12(2)18(25-19(29)14(22)8-9-17(27)28)20(30)23-11-16(26)24-15(21(31)32)10-13-6-4-3-5-7-13/h3-7,12,14-15,18H,8-11,22H2,1-2H3,(H,23,30)(H,24,26)(H,25,29)(H,27,28)(H,31,32). The number of nitrogens with one attached hydrogen (secondary N) is 3. The zero-order chi connectivity index (χ0) is 24.3. The van der Waals surface area contributed by atoms with Crippen LogP contribution in [-0.2, 0) is 30.4 Å². The summed E-state index contributed by atoms with van der Waals surface area (Å²) < 4.78 is 0. The van der Waals surface area contributed by atoms with E-state index in [1.807, 2.05) is 0 Å². The molecule has 0 aliphatic rings. The summed E-state index contributed by atoms with van der Waals surface area (Å²) in [6.45, 7) is 2.86. The highest BCUT2D eigenvalue weighted by Gasteiger charge is 2.27. The van der Waals surface area contributed by atoms with Crippen LogP contribution in [0.25, 0.3) is 0 Å². The molecule has 3 atom stereocenters. The zero-order valence-corrected chi connectivity index (χ0v) is 18.0. The Morgan fingerprint density at radius 1 is 0.969 bits per heavy atom. The molecule has 0 fully saturated rings. The minimum atomic E-state index is -1.21. The fraction of sp³-hybridized carbons (Fsp3) is 0.476. The number of nitrogens with two attached hydrogens (primary N) is 1. The maximum atomic E-state index is 12.5. The molecule has 1 aromatic rings. The summed E-state index contributed by atoms with van der Waals surface area (Å²) in [4.78, 5) is 58.9. The van der Waals surface area contributed by atoms with E-state index in [1.165, 1.54) is 0 Å². The third kappa shape index (κ3) is 9.56. The van der Waals surface area contributed by atoms with Crippen molar-refractivity contribution in [2.75, 3.05) is 6.54 Å². The number of hydrogen-bond donors (Lipinski definition) is 6. The lowest BCUT2D eigenvalue weighted by molar-refractivity contribution is -0.141. The van der Waals surface area contributed by atoms with Gasteiger partial charge in [0, 0.05) is 12.8 Å². The van der Waals surface area contributed by atoms with Crippen LogP contribution in [0.5, 0.6) is 0 Å². The number of aliphatic carboxylic acids is 2. The molecular weight excluding hydrogens is 420 g/mol. The molecule has 0 saturated heterocycles. The summed E-state index contributed by atoms with van der Waals surface area (Å²) in [5.41, 5.74) is 6.38. The Bertz CT molecular complexity index is 814. The van der Waals surface area contributed by atoms with Crippen molar-refractivity contribution in [3.05, 3.63) is 35.9 Å². The van der Waals surface area contributed by atoms with Crippen LogP contribution in [0.2, 0.25) is 0 Å². The lowest BCUT2D eigenvalue weighted by atomic mass is 10.0. The van der Waals surface area contributed by atoms with E-state index in [9.17, 15) is 29.1 Å². The Labute approximate surface area is 185 Å². The van der Waals surface area contributed by atoms with E-state index in [4.69, 9.17) is 10.8 Å². The summed E-state index contributed by atoms with van der Waals surface area (Å²) in [5.74, 6) is -4.69. The van der Waals surface area contributed by atoms with Crippen molar-refractivity contribution in [3.8, 4) is 0 Å². The topological polar surface area (TPSA) is 188 Å². The number of carboxylic acids is 2. The van der Waals surface area contributed by atoms with Gasteiger partial charge in [-0.1, -0.05) is 44.2 Å². The molecule has 3 amide bonds. The van der Waals surface area contributed by atoms with Crippen molar-refractivity contribution in [2.45, 2.75) is 51.2 Å². The van der Waals surface area contributed by atoms with Crippen LogP contribution in [0.1, 0.15) is 32.3 Å². The molecule has 176 valence electrons. The van der Waals surface area contributed by atoms with Crippen molar-refractivity contribution in [3.63, 3.8) is 0 Å². The van der Waals surface area contributed by atoms with E-state index in [0.717, 1.165) is 5.56 Å². The fourth-order valence-electron chi connectivity index (χ4n) is 2.78. The van der Waals surface area contributed by atoms with E-state index in [0.29, 0.717) is 0 Å². The van der Waals surface area contributed by atoms with Gasteiger partial charge in [-0.3, -0.25) is 19.2 Å². The quantitative estimate of drug-likeness (QED) is 0.226. The van der Waals surface area contributed by atoms with Crippen LogP contribution in [0.4, 0.5) is 0 Å². The second-order valence-electron chi connectivity index (χ2n) is 7.64. The van der Waals surface area contributed by atoms with Gasteiger partial charge in [-0.15, -0.1) is 0 Å². The molecule has 3 unspecified atom stereocenters. The van der Waals surface area contributed by atoms with E-state index in [2.05, 4.69) is 16.0 Å². The average molecular weight is 450 g/mol. The van der Waals surface area contributed by atoms with Crippen LogP contribution in [-0.4, -0.2) is 64.5 Å². The molecule has 0 heterocycles. The summed E-state index contributed by atoms with van der Waals surface area (Å²) in [6.07, 6.45) is -0.302. The maximum absolute atomic E-state index is 12.5. The van der Waals surface area contributed by atoms with Crippen molar-refractivity contribution < 1.29 is 34.2 Å². The average Bonchev–Trinajstić information content (AvgIpc) is 2.73. The minimum Gasteiger partial charge on any atom is -0.481 e. The van der Waals surface area contributed by atoms with Gasteiger partial charge in [0.1, 0.15) is 12.1 Å². The second-order valence-corrected chi connectivity index (χ2v) is 7.64. The largest absolute Gasteiger partial charge is 0.481 e. The molecule has 11 nitrogen and oxygen atoms in total. The van der Waals surface area contributed by atoms with Crippen LogP contribution < -0.4 is 21.7 Å². The van der Waals surface area contributed by atoms with Crippen LogP contribution in [0, 0.1) is 5.92 Å². The molecule has 0 aliphatic carbocycles. The van der Waals surface area contributed by atoms with Crippen molar-refractivity contribution in [1.82, 2.24) is 16.0 Å². The van der Waals surface area contributed by atoms with Crippen molar-refractivity contribution in [2.24, 2.45) is 11.7 Å². The molecule has 0 bridgehead atoms. The molecular formula is C21H30N4O7. The van der Waals surface area contributed by atoms with E-state index < -0.39 is 54.3 Å². The van der Waals surface area contributed by atoms with E-state index >= 15 is 0 Å². The number of amides is 3. The molecule has 0 aliphatic heterocycles. The SMILES string of the molecule is CC(C)C(NC(=O)C(N)CCC(=O)O)C(=O)NCC(=O)NC(Cc1ccccc1)C(=O)O. The molecule has 32 heavy (non-hydrogen) atoms. The van der Waals surface area contributed by atoms with Gasteiger partial charge in [0.05, 0.1) is 12.6 Å². The molecule has 7 N–H and O–H groups in total. The highest BCUT2D eigenvalue weighted by molar-refractivity contribution is 5.92. The Hall–Kier alpha value is -3.47. The predicted octanol–water partition coefficient (Wildman–Crippen LogP) is -0.752. The van der Waals surface area contributed by atoms with Gasteiger partial charge in [-0.25, -0.2) is 4.79 Å². The smallest absolute Gasteiger partial charge is 0.326 e. The van der Waals surface area contributed by atoms with E-state index in [-0.39, 0.29) is 25.2 Å². The van der Waals surface area contributed by atoms with Gasteiger partial charge in [-0.2, -0.15) is 0 Å². The second kappa shape index (κ2) is 13.1. The van der Waals surface area contributed by atoms with Crippen molar-refractivity contribution >= 4 is 29.7 Å². The van der Waals surface area contributed by atoms with Crippen LogP contribution in [0.3, 0.4) is 0 Å². The highest BCUT2D eigenvalue weighted by atomic mass is 16.4. The lowest BCUT2D eigenvalue weighted by Crippen LogP contribution is -2.55. The summed E-state index contributed by atoms with van der Waals surface area (Å²) in [6, 6.07) is 5.49. The van der Waals surface area contributed by atoms with Crippen LogP contribution in [0.15, 0.2) is 30.3 Å². The van der Waals surface area contributed by atoms with E-state index in [1.54, 1.807) is 44.2 Å². The third-order valence-electron chi connectivity index (χ3n) is 4.59. The Balaban J connectivity index is 2.61. The summed E-state index contributed by atoms with van der Waals surface area (Å²) >= 11 is 0. The third-order valence-corrected chi connectivity index (χ3v) is 4.59. The normalized spacial score (nSPS) is 13.5. The number of carboxylic acid groups (broad SMARTS) is 2. The maximum Gasteiger partial charge on any atom is 0.326 e. The molecule has 0 saturated carbocycles. The molecule has 0 spiro atoms. The first-order valence-electron chi connectivity index (χ1n) is 10.1. The van der Waals surface area contributed by atoms with Gasteiger partial charge >= 0.3 is 11.9 Å². The number of carbonyl (C=O) groups excluding carboxylic acids is 3. The minimum absolute atomic E-state index is 0.0781. The monoisotopic (exact) mass is 450 g/mol. The van der Waals surface area contributed by atoms with Crippen molar-refractivity contribution in [1.29, 1.82) is 0 Å². The number of hydrogen-bond acceptors (Lipinski definition) is 6. The van der Waals surface area contributed by atoms with Gasteiger partial charge < -0.3 is 31.9 Å². The van der Waals surface area contributed by atoms with Gasteiger partial charge in [0.25, 0.3) is 0 Å². The van der Waals surface area contributed by atoms with Gasteiger partial charge in [0.15, 0.2) is 0 Å². The Morgan fingerprint density at radius 3 is 2.12 bits per heavy atom. The molecule has 11 heteroatoms. The number of benzene rings is 1. The highest BCUT2D eigenvalue weighted by Crippen LogP contribution is 2.05. The Kier molecular flexibility index (Phi) is 10.8. The fourth-order valence-corrected chi connectivity index (χ4v) is 2.78. The molecule has 1 rings (SSSR count).